The molecule has 1 heterocycles. The number of rotatable bonds is 7. The lowest BCUT2D eigenvalue weighted by atomic mass is 10.1. The molecule has 1 aliphatic rings. The third-order valence-electron chi connectivity index (χ3n) is 4.49. The van der Waals surface area contributed by atoms with Gasteiger partial charge >= 0.3 is 10.2 Å². The van der Waals surface area contributed by atoms with Gasteiger partial charge in [-0.25, -0.2) is 13.4 Å². The van der Waals surface area contributed by atoms with Crippen molar-refractivity contribution in [3.63, 3.8) is 0 Å². The summed E-state index contributed by atoms with van der Waals surface area (Å²) in [7, 11) is -2.26. The highest BCUT2D eigenvalue weighted by Crippen LogP contribution is 2.39. The average molecular weight is 425 g/mol. The highest BCUT2D eigenvalue weighted by Gasteiger charge is 2.37. The first-order chi connectivity index (χ1) is 13.6. The van der Waals surface area contributed by atoms with Gasteiger partial charge in [-0.3, -0.25) is 4.79 Å². The van der Waals surface area contributed by atoms with E-state index in [0.717, 1.165) is 6.54 Å². The number of phenolic OH excluding ortho intramolecular Hbond substituents is 1. The molecule has 2 aromatic rings. The number of amides is 1. The Morgan fingerprint density at radius 2 is 2.07 bits per heavy atom. The topological polar surface area (TPSA) is 99.2 Å². The quantitative estimate of drug-likeness (QED) is 0.702. The van der Waals surface area contributed by atoms with Crippen LogP contribution in [0, 0.1) is 11.7 Å². The van der Waals surface area contributed by atoms with E-state index in [4.69, 9.17) is 4.74 Å². The molecule has 2 N–H and O–H groups in total. The fraction of sp³-hybridized carbons (Fsp3) is 0.421. The second-order valence-electron chi connectivity index (χ2n) is 7.48. The Bertz CT molecular complexity index is 1040. The van der Waals surface area contributed by atoms with Crippen molar-refractivity contribution in [2.75, 3.05) is 37.6 Å². The molecular formula is C19H24FN3O5S. The summed E-state index contributed by atoms with van der Waals surface area (Å²) >= 11 is 0. The van der Waals surface area contributed by atoms with Gasteiger partial charge in [-0.1, -0.05) is 19.9 Å². The summed E-state index contributed by atoms with van der Waals surface area (Å²) in [5.41, 5.74) is -0.565. The molecule has 0 unspecified atom stereocenters. The van der Waals surface area contributed by atoms with E-state index in [1.54, 1.807) is 16.9 Å². The van der Waals surface area contributed by atoms with Gasteiger partial charge in [0.15, 0.2) is 5.82 Å². The van der Waals surface area contributed by atoms with Crippen LogP contribution >= 0.6 is 0 Å². The maximum atomic E-state index is 15.2. The number of benzene rings is 2. The van der Waals surface area contributed by atoms with Crippen LogP contribution in [-0.4, -0.2) is 57.6 Å². The van der Waals surface area contributed by atoms with Crippen molar-refractivity contribution in [1.82, 2.24) is 9.62 Å². The molecule has 0 bridgehead atoms. The summed E-state index contributed by atoms with van der Waals surface area (Å²) in [4.78, 5) is 13.6. The number of carbonyl (C=O) groups is 1. The third-order valence-corrected chi connectivity index (χ3v) is 5.87. The molecule has 0 aliphatic carbocycles. The van der Waals surface area contributed by atoms with Gasteiger partial charge in [0.2, 0.25) is 0 Å². The molecule has 10 heteroatoms. The lowest BCUT2D eigenvalue weighted by Crippen LogP contribution is -2.30. The number of hydrogen-bond donors (Lipinski definition) is 2. The van der Waals surface area contributed by atoms with E-state index in [9.17, 15) is 18.3 Å². The largest absolute Gasteiger partial charge is 0.506 e. The second-order valence-corrected chi connectivity index (χ2v) is 9.08. The zero-order valence-electron chi connectivity index (χ0n) is 16.5. The van der Waals surface area contributed by atoms with E-state index >= 15 is 4.39 Å². The van der Waals surface area contributed by atoms with Crippen LogP contribution in [-0.2, 0) is 15.0 Å². The van der Waals surface area contributed by atoms with Crippen LogP contribution in [0.15, 0.2) is 24.3 Å². The van der Waals surface area contributed by atoms with Crippen LogP contribution in [0.2, 0.25) is 0 Å². The lowest BCUT2D eigenvalue weighted by molar-refractivity contribution is -0.117. The first kappa shape index (κ1) is 21.1. The highest BCUT2D eigenvalue weighted by atomic mass is 32.2. The number of anilines is 1. The Morgan fingerprint density at radius 1 is 1.34 bits per heavy atom. The Balaban J connectivity index is 1.87. The third kappa shape index (κ3) is 4.54. The molecule has 8 nitrogen and oxygen atoms in total. The van der Waals surface area contributed by atoms with Gasteiger partial charge in [0, 0.05) is 18.5 Å². The summed E-state index contributed by atoms with van der Waals surface area (Å²) in [6, 6.07) is 5.94. The van der Waals surface area contributed by atoms with Crippen LogP contribution in [0.3, 0.4) is 0 Å². The maximum Gasteiger partial charge on any atom is 0.326 e. The number of nitrogens with zero attached hydrogens (tertiary/aromatic N) is 2. The van der Waals surface area contributed by atoms with Gasteiger partial charge in [-0.2, -0.15) is 8.42 Å². The number of likely N-dealkylation sites (N-methyl/N-ethyl adjacent to an activating group) is 1. The predicted octanol–water partition coefficient (Wildman–Crippen LogP) is 1.83. The van der Waals surface area contributed by atoms with E-state index < -0.39 is 39.9 Å². The summed E-state index contributed by atoms with van der Waals surface area (Å²) < 4.78 is 47.2. The van der Waals surface area contributed by atoms with Gasteiger partial charge < -0.3 is 14.7 Å². The first-order valence-electron chi connectivity index (χ1n) is 9.18. The molecule has 1 amide bonds. The number of fused-ring (bicyclic) bond motifs is 1. The number of hydrogen-bond acceptors (Lipinski definition) is 6. The van der Waals surface area contributed by atoms with E-state index in [0.29, 0.717) is 34.5 Å². The molecule has 0 spiro atoms. The van der Waals surface area contributed by atoms with Crippen LogP contribution in [0.25, 0.3) is 10.8 Å². The lowest BCUT2D eigenvalue weighted by Gasteiger charge is -2.20. The second kappa shape index (κ2) is 8.03. The molecule has 2 aromatic carbocycles. The molecule has 0 radical (unpaired) electrons. The molecule has 0 atom stereocenters. The summed E-state index contributed by atoms with van der Waals surface area (Å²) in [5.74, 6) is -1.36. The molecule has 158 valence electrons. The minimum absolute atomic E-state index is 0.0837. The predicted molar refractivity (Wildman–Crippen MR) is 108 cm³/mol. The number of carbonyl (C=O) groups excluding carboxylic acids is 1. The molecule has 1 saturated heterocycles. The Kier molecular flexibility index (Phi) is 5.85. The molecule has 29 heavy (non-hydrogen) atoms. The fourth-order valence-electron chi connectivity index (χ4n) is 3.31. The van der Waals surface area contributed by atoms with Crippen molar-refractivity contribution >= 4 is 32.6 Å². The molecule has 1 aliphatic heterocycles. The maximum absolute atomic E-state index is 15.2. The SMILES string of the molecule is CC(C)CN(C)CCOc1ccc2cc(O)c(N3CC(=O)NS3(=O)=O)c(F)c2c1. The van der Waals surface area contributed by atoms with Crippen LogP contribution in [0.4, 0.5) is 10.1 Å². The molecule has 0 saturated carbocycles. The summed E-state index contributed by atoms with van der Waals surface area (Å²) in [6.07, 6.45) is 0. The number of aromatic hydroxyl groups is 1. The Hall–Kier alpha value is -2.59. The minimum Gasteiger partial charge on any atom is -0.506 e. The van der Waals surface area contributed by atoms with E-state index in [2.05, 4.69) is 18.7 Å². The normalized spacial score (nSPS) is 16.1. The molecular weight excluding hydrogens is 401 g/mol. The zero-order valence-corrected chi connectivity index (χ0v) is 17.3. The Labute approximate surface area is 169 Å². The summed E-state index contributed by atoms with van der Waals surface area (Å²) in [5, 5.41) is 10.7. The number of phenols is 1. The van der Waals surface area contributed by atoms with E-state index in [1.807, 2.05) is 7.05 Å². The average Bonchev–Trinajstić information content (AvgIpc) is 2.87. The van der Waals surface area contributed by atoms with E-state index in [1.165, 1.54) is 12.1 Å². The van der Waals surface area contributed by atoms with Crippen LogP contribution in [0.5, 0.6) is 11.5 Å². The van der Waals surface area contributed by atoms with Crippen molar-refractivity contribution in [2.45, 2.75) is 13.8 Å². The van der Waals surface area contributed by atoms with Gasteiger partial charge in [-0.15, -0.1) is 0 Å². The number of halogens is 1. The van der Waals surface area contributed by atoms with Crippen LogP contribution < -0.4 is 13.8 Å². The van der Waals surface area contributed by atoms with Gasteiger partial charge in [0.05, 0.1) is 0 Å². The van der Waals surface area contributed by atoms with Gasteiger partial charge in [0.25, 0.3) is 5.91 Å². The van der Waals surface area contributed by atoms with Crippen molar-refractivity contribution in [3.8, 4) is 11.5 Å². The van der Waals surface area contributed by atoms with Crippen molar-refractivity contribution in [2.24, 2.45) is 5.92 Å². The molecule has 0 aromatic heterocycles. The highest BCUT2D eigenvalue weighted by molar-refractivity contribution is 7.92. The smallest absolute Gasteiger partial charge is 0.326 e. The van der Waals surface area contributed by atoms with Crippen LogP contribution in [0.1, 0.15) is 13.8 Å². The zero-order chi connectivity index (χ0) is 21.3. The van der Waals surface area contributed by atoms with Gasteiger partial charge in [-0.05, 0) is 36.6 Å². The van der Waals surface area contributed by atoms with Gasteiger partial charge in [0.1, 0.15) is 30.3 Å². The number of ether oxygens (including phenoxy) is 1. The molecule has 1 fully saturated rings. The number of nitrogens with one attached hydrogen (secondary N) is 1. The first-order valence-corrected chi connectivity index (χ1v) is 10.6. The monoisotopic (exact) mass is 425 g/mol. The fourth-order valence-corrected chi connectivity index (χ4v) is 4.48. The Morgan fingerprint density at radius 3 is 2.69 bits per heavy atom. The standard InChI is InChI=1S/C19H24FN3O5S/c1-12(2)10-22(3)6-7-28-14-5-4-13-8-16(24)19(18(20)15(13)9-14)23-11-17(25)21-29(23,26)27/h4-5,8-9,12,24H,6-7,10-11H2,1-3H3,(H,21,25). The van der Waals surface area contributed by atoms with E-state index in [-0.39, 0.29) is 5.39 Å². The van der Waals surface area contributed by atoms with Crippen molar-refractivity contribution in [3.05, 3.63) is 30.1 Å². The minimum atomic E-state index is -4.25. The summed E-state index contributed by atoms with van der Waals surface area (Å²) in [6.45, 7) is 5.67. The molecule has 3 rings (SSSR count). The van der Waals surface area contributed by atoms with Crippen molar-refractivity contribution < 1.29 is 27.4 Å². The van der Waals surface area contributed by atoms with Crippen molar-refractivity contribution in [1.29, 1.82) is 0 Å².